The monoisotopic (exact) mass is 247 g/mol. The molecule has 1 aromatic carbocycles. The van der Waals surface area contributed by atoms with Gasteiger partial charge >= 0.3 is 0 Å². The van der Waals surface area contributed by atoms with Gasteiger partial charge in [-0.15, -0.1) is 0 Å². The molecule has 0 aromatic heterocycles. The Kier molecular flexibility index (Phi) is 4.29. The molecule has 1 atom stereocenters. The second-order valence-corrected chi connectivity index (χ2v) is 4.96. The number of hydrogen-bond acceptors (Lipinski definition) is 3. The third-order valence-corrected chi connectivity index (χ3v) is 3.43. The molecule has 1 unspecified atom stereocenters. The predicted molar refractivity (Wildman–Crippen MR) is 68.4 cm³/mol. The molecule has 1 N–H and O–H groups in total. The smallest absolute Gasteiger partial charge is 0.123 e. The Bertz CT molecular complexity index is 453. The van der Waals surface area contributed by atoms with E-state index in [2.05, 4.69) is 23.3 Å². The molecule has 3 nitrogen and oxygen atoms in total. The lowest BCUT2D eigenvalue weighted by Crippen LogP contribution is -2.25. The van der Waals surface area contributed by atoms with Crippen LogP contribution in [0.5, 0.6) is 0 Å². The van der Waals surface area contributed by atoms with E-state index in [1.54, 1.807) is 0 Å². The van der Waals surface area contributed by atoms with Crippen molar-refractivity contribution >= 4 is 0 Å². The summed E-state index contributed by atoms with van der Waals surface area (Å²) < 4.78 is 13.1. The van der Waals surface area contributed by atoms with E-state index in [1.807, 2.05) is 0 Å². The van der Waals surface area contributed by atoms with Crippen molar-refractivity contribution in [3.63, 3.8) is 0 Å². The van der Waals surface area contributed by atoms with Gasteiger partial charge in [-0.25, -0.2) is 4.39 Å². The van der Waals surface area contributed by atoms with Crippen molar-refractivity contribution in [2.24, 2.45) is 5.92 Å². The zero-order valence-corrected chi connectivity index (χ0v) is 10.6. The van der Waals surface area contributed by atoms with Crippen LogP contribution >= 0.6 is 0 Å². The lowest BCUT2D eigenvalue weighted by molar-refractivity contribution is 0.388. The third-order valence-electron chi connectivity index (χ3n) is 3.43. The van der Waals surface area contributed by atoms with Crippen LogP contribution in [-0.2, 0) is 6.54 Å². The highest BCUT2D eigenvalue weighted by Gasteiger charge is 2.18. The van der Waals surface area contributed by atoms with E-state index < -0.39 is 0 Å². The first kappa shape index (κ1) is 13.0. The Morgan fingerprint density at radius 2 is 2.39 bits per heavy atom. The van der Waals surface area contributed by atoms with Gasteiger partial charge in [-0.05, 0) is 56.2 Å². The molecule has 0 spiro atoms. The van der Waals surface area contributed by atoms with Gasteiger partial charge in [0.1, 0.15) is 5.82 Å². The second-order valence-electron chi connectivity index (χ2n) is 4.96. The lowest BCUT2D eigenvalue weighted by Gasteiger charge is -2.12. The van der Waals surface area contributed by atoms with Gasteiger partial charge in [-0.1, -0.05) is 0 Å². The molecule has 96 valence electrons. The Hall–Kier alpha value is -1.44. The van der Waals surface area contributed by atoms with Crippen molar-refractivity contribution < 1.29 is 4.39 Å². The number of halogens is 1. The van der Waals surface area contributed by atoms with Crippen molar-refractivity contribution in [1.82, 2.24) is 10.2 Å². The molecular formula is C14H18FN3. The van der Waals surface area contributed by atoms with E-state index in [9.17, 15) is 4.39 Å². The highest BCUT2D eigenvalue weighted by Crippen LogP contribution is 2.14. The van der Waals surface area contributed by atoms with Crippen LogP contribution in [0.1, 0.15) is 17.5 Å². The standard InChI is InChI=1S/C14H18FN3/c1-18-5-4-11(10-18)8-17-9-13-6-14(15)3-2-12(13)7-16/h2-3,6,11,17H,4-5,8-10H2,1H3. The summed E-state index contributed by atoms with van der Waals surface area (Å²) in [6.45, 7) is 3.74. The summed E-state index contributed by atoms with van der Waals surface area (Å²) in [6.07, 6.45) is 1.21. The van der Waals surface area contributed by atoms with Crippen molar-refractivity contribution in [3.05, 3.63) is 35.1 Å². The van der Waals surface area contributed by atoms with Gasteiger partial charge in [-0.3, -0.25) is 0 Å². The van der Waals surface area contributed by atoms with Crippen LogP contribution in [0.2, 0.25) is 0 Å². The molecule has 1 aromatic rings. The highest BCUT2D eigenvalue weighted by atomic mass is 19.1. The molecule has 1 fully saturated rings. The van der Waals surface area contributed by atoms with E-state index in [-0.39, 0.29) is 5.82 Å². The second kappa shape index (κ2) is 5.94. The summed E-state index contributed by atoms with van der Waals surface area (Å²) >= 11 is 0. The fourth-order valence-corrected chi connectivity index (χ4v) is 2.42. The molecule has 0 bridgehead atoms. The number of nitrogens with zero attached hydrogens (tertiary/aromatic N) is 2. The van der Waals surface area contributed by atoms with Crippen LogP contribution in [0.3, 0.4) is 0 Å². The van der Waals surface area contributed by atoms with Crippen LogP contribution in [0, 0.1) is 23.1 Å². The van der Waals surface area contributed by atoms with Crippen LogP contribution in [-0.4, -0.2) is 31.6 Å². The van der Waals surface area contributed by atoms with Crippen LogP contribution < -0.4 is 5.32 Å². The molecule has 1 aliphatic rings. The largest absolute Gasteiger partial charge is 0.312 e. The first-order valence-electron chi connectivity index (χ1n) is 6.27. The van der Waals surface area contributed by atoms with Crippen LogP contribution in [0.4, 0.5) is 4.39 Å². The van der Waals surface area contributed by atoms with Gasteiger partial charge in [0, 0.05) is 13.1 Å². The topological polar surface area (TPSA) is 39.1 Å². The van der Waals surface area contributed by atoms with Gasteiger partial charge in [0.05, 0.1) is 11.6 Å². The molecule has 1 saturated heterocycles. The highest BCUT2D eigenvalue weighted by molar-refractivity contribution is 5.37. The zero-order valence-electron chi connectivity index (χ0n) is 10.6. The lowest BCUT2D eigenvalue weighted by atomic mass is 10.1. The Morgan fingerprint density at radius 3 is 3.06 bits per heavy atom. The molecule has 0 amide bonds. The van der Waals surface area contributed by atoms with Gasteiger partial charge in [-0.2, -0.15) is 5.26 Å². The summed E-state index contributed by atoms with van der Waals surface area (Å²) in [7, 11) is 2.13. The van der Waals surface area contributed by atoms with Gasteiger partial charge < -0.3 is 10.2 Å². The Morgan fingerprint density at radius 1 is 1.56 bits per heavy atom. The van der Waals surface area contributed by atoms with Gasteiger partial charge in [0.25, 0.3) is 0 Å². The van der Waals surface area contributed by atoms with E-state index in [0.717, 1.165) is 25.2 Å². The minimum absolute atomic E-state index is 0.286. The summed E-state index contributed by atoms with van der Waals surface area (Å²) in [6, 6.07) is 6.39. The van der Waals surface area contributed by atoms with Crippen molar-refractivity contribution in [1.29, 1.82) is 5.26 Å². The molecule has 1 aliphatic heterocycles. The summed E-state index contributed by atoms with van der Waals surface area (Å²) in [5, 5.41) is 12.3. The molecule has 0 saturated carbocycles. The van der Waals surface area contributed by atoms with Gasteiger partial charge in [0.15, 0.2) is 0 Å². The number of rotatable bonds is 4. The minimum Gasteiger partial charge on any atom is -0.312 e. The summed E-state index contributed by atoms with van der Waals surface area (Å²) in [5.74, 6) is 0.375. The van der Waals surface area contributed by atoms with E-state index in [0.29, 0.717) is 18.0 Å². The number of nitriles is 1. The van der Waals surface area contributed by atoms with Crippen molar-refractivity contribution in [2.75, 3.05) is 26.7 Å². The minimum atomic E-state index is -0.286. The third kappa shape index (κ3) is 3.28. The number of likely N-dealkylation sites (tertiary alicyclic amines) is 1. The Labute approximate surface area is 107 Å². The quantitative estimate of drug-likeness (QED) is 0.881. The first-order valence-corrected chi connectivity index (χ1v) is 6.27. The summed E-state index contributed by atoms with van der Waals surface area (Å²) in [5.41, 5.74) is 1.29. The number of hydrogen-bond donors (Lipinski definition) is 1. The fraction of sp³-hybridized carbons (Fsp3) is 0.500. The molecule has 0 aliphatic carbocycles. The Balaban J connectivity index is 1.86. The number of benzene rings is 1. The maximum absolute atomic E-state index is 13.1. The molecular weight excluding hydrogens is 229 g/mol. The van der Waals surface area contributed by atoms with Crippen LogP contribution in [0.25, 0.3) is 0 Å². The molecule has 2 rings (SSSR count). The summed E-state index contributed by atoms with van der Waals surface area (Å²) in [4.78, 5) is 2.31. The van der Waals surface area contributed by atoms with Crippen molar-refractivity contribution in [2.45, 2.75) is 13.0 Å². The number of nitrogens with one attached hydrogen (secondary N) is 1. The van der Waals surface area contributed by atoms with E-state index in [4.69, 9.17) is 5.26 Å². The van der Waals surface area contributed by atoms with E-state index >= 15 is 0 Å². The fourth-order valence-electron chi connectivity index (χ4n) is 2.42. The molecule has 0 radical (unpaired) electrons. The molecule has 4 heteroatoms. The normalized spacial score (nSPS) is 19.9. The maximum Gasteiger partial charge on any atom is 0.123 e. The van der Waals surface area contributed by atoms with Crippen molar-refractivity contribution in [3.8, 4) is 6.07 Å². The maximum atomic E-state index is 13.1. The van der Waals surface area contributed by atoms with Gasteiger partial charge in [0.2, 0.25) is 0 Å². The SMILES string of the molecule is CN1CCC(CNCc2cc(F)ccc2C#N)C1. The molecule has 1 heterocycles. The molecule has 18 heavy (non-hydrogen) atoms. The first-order chi connectivity index (χ1) is 8.69. The van der Waals surface area contributed by atoms with Crippen LogP contribution in [0.15, 0.2) is 18.2 Å². The zero-order chi connectivity index (χ0) is 13.0. The van der Waals surface area contributed by atoms with E-state index in [1.165, 1.54) is 24.6 Å². The average Bonchev–Trinajstić information content (AvgIpc) is 2.75. The average molecular weight is 247 g/mol. The predicted octanol–water partition coefficient (Wildman–Crippen LogP) is 1.74.